The van der Waals surface area contributed by atoms with E-state index in [0.717, 1.165) is 0 Å². The Labute approximate surface area is 63.9 Å². The van der Waals surface area contributed by atoms with E-state index in [0.29, 0.717) is 0 Å². The van der Waals surface area contributed by atoms with Gasteiger partial charge in [0, 0.05) is 5.57 Å². The lowest BCUT2D eigenvalue weighted by atomic mass is 10.3. The molecule has 0 aliphatic rings. The fourth-order valence-corrected chi connectivity index (χ4v) is 0.658. The van der Waals surface area contributed by atoms with Crippen LogP contribution < -0.4 is 0 Å². The van der Waals surface area contributed by atoms with E-state index >= 15 is 0 Å². The van der Waals surface area contributed by atoms with Gasteiger partial charge in [0.2, 0.25) is 0 Å². The van der Waals surface area contributed by atoms with Crippen LogP contribution in [-0.2, 0) is 13.9 Å². The van der Waals surface area contributed by atoms with Crippen LogP contribution in [0.3, 0.4) is 0 Å². The van der Waals surface area contributed by atoms with Crippen molar-refractivity contribution in [2.24, 2.45) is 0 Å². The summed E-state index contributed by atoms with van der Waals surface area (Å²) in [5.41, 5.74) is 0.160. The van der Waals surface area contributed by atoms with Crippen molar-refractivity contribution in [3.05, 3.63) is 11.6 Å². The molecule has 0 amide bonds. The maximum absolute atomic E-state index is 10.6. The number of rotatable bonds is 2. The third-order valence-electron chi connectivity index (χ3n) is 0.957. The van der Waals surface area contributed by atoms with Crippen molar-refractivity contribution >= 4 is 13.8 Å². The van der Waals surface area contributed by atoms with Crippen molar-refractivity contribution in [2.75, 3.05) is 0 Å². The Hall–Kier alpha value is -0.640. The molecule has 0 saturated heterocycles. The molecule has 0 spiro atoms. The van der Waals surface area contributed by atoms with Crippen LogP contribution in [0.15, 0.2) is 11.6 Å². The monoisotopic (exact) mass is 180 g/mol. The highest BCUT2D eigenvalue weighted by Gasteiger charge is 2.20. The first kappa shape index (κ1) is 10.4. The highest BCUT2D eigenvalue weighted by atomic mass is 31.2. The average Bonchev–Trinajstić information content (AvgIpc) is 1.82. The van der Waals surface area contributed by atoms with Crippen LogP contribution in [0.2, 0.25) is 0 Å². The molecule has 2 N–H and O–H groups in total. The Balaban J connectivity index is 4.22. The van der Waals surface area contributed by atoms with Crippen molar-refractivity contribution in [1.29, 1.82) is 0 Å². The second kappa shape index (κ2) is 3.67. The number of phosphoric ester groups is 1. The van der Waals surface area contributed by atoms with Crippen LogP contribution in [-0.4, -0.2) is 15.8 Å². The molecule has 0 aromatic carbocycles. The van der Waals surface area contributed by atoms with Gasteiger partial charge in [0.25, 0.3) is 0 Å². The normalized spacial score (nSPS) is 12.9. The van der Waals surface area contributed by atoms with Crippen LogP contribution >= 0.6 is 7.82 Å². The first-order valence-corrected chi connectivity index (χ1v) is 4.32. The molecule has 0 aromatic rings. The van der Waals surface area contributed by atoms with Crippen LogP contribution in [0, 0.1) is 0 Å². The molecule has 0 aromatic heterocycles. The molecule has 11 heavy (non-hydrogen) atoms. The summed E-state index contributed by atoms with van der Waals surface area (Å²) in [5.74, 6) is -0.999. The summed E-state index contributed by atoms with van der Waals surface area (Å²) in [6.45, 7) is 2.97. The quantitative estimate of drug-likeness (QED) is 0.479. The SMILES string of the molecule is C/C=C(\C)C(=O)OP(=O)(O)O. The van der Waals surface area contributed by atoms with Gasteiger partial charge in [-0.2, -0.15) is 0 Å². The largest absolute Gasteiger partial charge is 0.527 e. The van der Waals surface area contributed by atoms with Crippen LogP contribution in [0.4, 0.5) is 0 Å². The number of phosphoric acid groups is 1. The molecule has 0 heterocycles. The van der Waals surface area contributed by atoms with Crippen LogP contribution in [0.5, 0.6) is 0 Å². The fourth-order valence-electron chi connectivity index (χ4n) is 0.298. The number of hydrogen-bond donors (Lipinski definition) is 2. The molecule has 0 aliphatic heterocycles. The maximum atomic E-state index is 10.6. The van der Waals surface area contributed by atoms with Gasteiger partial charge in [0.1, 0.15) is 0 Å². The Morgan fingerprint density at radius 1 is 1.55 bits per heavy atom. The molecular formula is C5H9O5P. The Kier molecular flexibility index (Phi) is 3.45. The van der Waals surface area contributed by atoms with E-state index in [9.17, 15) is 9.36 Å². The number of hydrogen-bond acceptors (Lipinski definition) is 3. The third kappa shape index (κ3) is 4.72. The van der Waals surface area contributed by atoms with E-state index in [4.69, 9.17) is 9.79 Å². The average molecular weight is 180 g/mol. The lowest BCUT2D eigenvalue weighted by molar-refractivity contribution is -0.131. The second-order valence-corrected chi connectivity index (χ2v) is 3.00. The predicted molar refractivity (Wildman–Crippen MR) is 37.6 cm³/mol. The van der Waals surface area contributed by atoms with Gasteiger partial charge >= 0.3 is 13.8 Å². The van der Waals surface area contributed by atoms with Crippen molar-refractivity contribution < 1.29 is 23.7 Å². The Bertz CT molecular complexity index is 225. The van der Waals surface area contributed by atoms with Gasteiger partial charge in [-0.1, -0.05) is 6.08 Å². The van der Waals surface area contributed by atoms with E-state index in [1.807, 2.05) is 0 Å². The lowest BCUT2D eigenvalue weighted by Gasteiger charge is -2.03. The van der Waals surface area contributed by atoms with Gasteiger partial charge in [0.15, 0.2) is 0 Å². The molecule has 64 valence electrons. The van der Waals surface area contributed by atoms with Gasteiger partial charge in [-0.25, -0.2) is 9.36 Å². The molecule has 0 atom stereocenters. The maximum Gasteiger partial charge on any atom is 0.527 e. The van der Waals surface area contributed by atoms with Crippen LogP contribution in [0.25, 0.3) is 0 Å². The zero-order chi connectivity index (χ0) is 9.07. The van der Waals surface area contributed by atoms with Crippen LogP contribution in [0.1, 0.15) is 13.8 Å². The summed E-state index contributed by atoms with van der Waals surface area (Å²) in [6.07, 6.45) is 1.40. The molecule has 0 radical (unpaired) electrons. The van der Waals surface area contributed by atoms with Gasteiger partial charge in [-0.15, -0.1) is 0 Å². The van der Waals surface area contributed by atoms with E-state index in [1.165, 1.54) is 13.0 Å². The smallest absolute Gasteiger partial charge is 0.367 e. The van der Waals surface area contributed by atoms with Gasteiger partial charge in [-0.3, -0.25) is 9.79 Å². The second-order valence-electron chi connectivity index (χ2n) is 1.84. The predicted octanol–water partition coefficient (Wildman–Crippen LogP) is 0.589. The summed E-state index contributed by atoms with van der Waals surface area (Å²) < 4.78 is 13.8. The molecule has 5 nitrogen and oxygen atoms in total. The molecule has 0 saturated carbocycles. The molecule has 0 aliphatic carbocycles. The third-order valence-corrected chi connectivity index (χ3v) is 1.36. The molecule has 0 rings (SSSR count). The minimum Gasteiger partial charge on any atom is -0.367 e. The highest BCUT2D eigenvalue weighted by molar-refractivity contribution is 7.46. The first-order valence-electron chi connectivity index (χ1n) is 2.79. The van der Waals surface area contributed by atoms with Crippen molar-refractivity contribution in [3.63, 3.8) is 0 Å². The lowest BCUT2D eigenvalue weighted by Crippen LogP contribution is -2.02. The highest BCUT2D eigenvalue weighted by Crippen LogP contribution is 2.36. The van der Waals surface area contributed by atoms with Gasteiger partial charge in [0.05, 0.1) is 0 Å². The van der Waals surface area contributed by atoms with E-state index in [-0.39, 0.29) is 5.57 Å². The van der Waals surface area contributed by atoms with Gasteiger partial charge < -0.3 is 4.52 Å². The van der Waals surface area contributed by atoms with Crippen molar-refractivity contribution in [1.82, 2.24) is 0 Å². The van der Waals surface area contributed by atoms with E-state index < -0.39 is 13.8 Å². The minimum absolute atomic E-state index is 0.160. The Morgan fingerprint density at radius 2 is 2.00 bits per heavy atom. The summed E-state index contributed by atoms with van der Waals surface area (Å²) in [4.78, 5) is 27.0. The van der Waals surface area contributed by atoms with E-state index in [1.54, 1.807) is 6.92 Å². The standard InChI is InChI=1S/C5H9O5P/c1-3-4(2)5(6)10-11(7,8)9/h3H,1-2H3,(H2,7,8,9)/b4-3+. The summed E-state index contributed by atoms with van der Waals surface area (Å²) in [6, 6.07) is 0. The minimum atomic E-state index is -4.68. The molecule has 0 bridgehead atoms. The number of carbonyl (C=O) groups is 1. The summed E-state index contributed by atoms with van der Waals surface area (Å²) in [5, 5.41) is 0. The first-order chi connectivity index (χ1) is 4.87. The summed E-state index contributed by atoms with van der Waals surface area (Å²) >= 11 is 0. The molecule has 0 fully saturated rings. The van der Waals surface area contributed by atoms with Gasteiger partial charge in [-0.05, 0) is 13.8 Å². The topological polar surface area (TPSA) is 83.8 Å². The fraction of sp³-hybridized carbons (Fsp3) is 0.400. The van der Waals surface area contributed by atoms with Crippen molar-refractivity contribution in [3.8, 4) is 0 Å². The number of allylic oxidation sites excluding steroid dienone is 1. The Morgan fingerprint density at radius 3 is 2.27 bits per heavy atom. The van der Waals surface area contributed by atoms with Crippen molar-refractivity contribution in [2.45, 2.75) is 13.8 Å². The molecular weight excluding hydrogens is 171 g/mol. The molecule has 0 unspecified atom stereocenters. The zero-order valence-electron chi connectivity index (χ0n) is 6.14. The number of carbonyl (C=O) groups excluding carboxylic acids is 1. The zero-order valence-corrected chi connectivity index (χ0v) is 7.04. The molecule has 6 heteroatoms. The van der Waals surface area contributed by atoms with E-state index in [2.05, 4.69) is 4.52 Å². The summed E-state index contributed by atoms with van der Waals surface area (Å²) in [7, 11) is -4.68.